The van der Waals surface area contributed by atoms with Crippen molar-refractivity contribution < 1.29 is 10.0 Å². The van der Waals surface area contributed by atoms with Gasteiger partial charge in [-0.15, -0.1) is 5.10 Å². The fourth-order valence-corrected chi connectivity index (χ4v) is 3.25. The van der Waals surface area contributed by atoms with Crippen LogP contribution in [0, 0.1) is 5.92 Å². The molecule has 1 aromatic heterocycles. The van der Waals surface area contributed by atoms with Crippen LogP contribution in [-0.2, 0) is 0 Å². The Bertz CT molecular complexity index is 514. The summed E-state index contributed by atoms with van der Waals surface area (Å²) in [6.45, 7) is 3.95. The third-order valence-electron chi connectivity index (χ3n) is 3.59. The Balaban J connectivity index is 2.09. The van der Waals surface area contributed by atoms with Crippen LogP contribution in [0.25, 0.3) is 0 Å². The van der Waals surface area contributed by atoms with Crippen LogP contribution in [0.15, 0.2) is 5.16 Å². The maximum atomic E-state index is 12.3. The summed E-state index contributed by atoms with van der Waals surface area (Å²) in [6.07, 6.45) is 2.60. The van der Waals surface area contributed by atoms with Gasteiger partial charge in [-0.05, 0) is 30.3 Å². The van der Waals surface area contributed by atoms with Crippen LogP contribution in [0.4, 0.5) is 0 Å². The molecule has 8 heteroatoms. The molecule has 0 spiro atoms. The number of hydrogen-bond donors (Lipinski definition) is 3. The Kier molecular flexibility index (Phi) is 4.53. The lowest BCUT2D eigenvalue weighted by Crippen LogP contribution is -2.42. The number of nitrogens with two attached hydrogens (primary N) is 1. The van der Waals surface area contributed by atoms with E-state index >= 15 is 0 Å². The Hall–Kier alpha value is -1.70. The average Bonchev–Trinajstić information content (AvgIpc) is 3.06. The molecule has 1 aliphatic carbocycles. The van der Waals surface area contributed by atoms with E-state index in [0.29, 0.717) is 10.6 Å². The summed E-state index contributed by atoms with van der Waals surface area (Å²) < 4.78 is 3.85. The van der Waals surface area contributed by atoms with E-state index in [0.717, 1.165) is 30.8 Å². The first-order chi connectivity index (χ1) is 9.54. The highest BCUT2D eigenvalue weighted by Gasteiger charge is 2.33. The van der Waals surface area contributed by atoms with Crippen molar-refractivity contribution in [2.24, 2.45) is 16.8 Å². The van der Waals surface area contributed by atoms with Gasteiger partial charge in [0.15, 0.2) is 0 Å². The van der Waals surface area contributed by atoms with E-state index in [9.17, 15) is 4.79 Å². The number of amides is 1. The van der Waals surface area contributed by atoms with Crippen LogP contribution in [0.2, 0.25) is 0 Å². The second-order valence-electron chi connectivity index (χ2n) is 5.28. The van der Waals surface area contributed by atoms with Crippen LogP contribution in [-0.4, -0.2) is 32.6 Å². The van der Waals surface area contributed by atoms with Crippen molar-refractivity contribution in [3.05, 3.63) is 10.6 Å². The molecule has 1 fully saturated rings. The maximum absolute atomic E-state index is 12.3. The molecular weight excluding hydrogens is 278 g/mol. The molecule has 1 amide bonds. The van der Waals surface area contributed by atoms with Crippen LogP contribution in [0.1, 0.15) is 54.4 Å². The van der Waals surface area contributed by atoms with E-state index in [-0.39, 0.29) is 29.6 Å². The molecule has 2 unspecified atom stereocenters. The van der Waals surface area contributed by atoms with E-state index in [1.54, 1.807) is 0 Å². The summed E-state index contributed by atoms with van der Waals surface area (Å²) in [5.41, 5.74) is 6.38. The molecule has 110 valence electrons. The predicted molar refractivity (Wildman–Crippen MR) is 76.0 cm³/mol. The van der Waals surface area contributed by atoms with E-state index in [2.05, 4.69) is 20.1 Å². The number of nitrogens with one attached hydrogen (secondary N) is 1. The Morgan fingerprint density at radius 3 is 2.95 bits per heavy atom. The second kappa shape index (κ2) is 6.17. The Morgan fingerprint density at radius 2 is 2.30 bits per heavy atom. The highest BCUT2D eigenvalue weighted by Crippen LogP contribution is 2.27. The number of amidine groups is 1. The number of carbonyl (C=O) groups is 1. The van der Waals surface area contributed by atoms with Crippen LogP contribution < -0.4 is 11.1 Å². The first kappa shape index (κ1) is 14.7. The van der Waals surface area contributed by atoms with Gasteiger partial charge in [0.25, 0.3) is 5.91 Å². The monoisotopic (exact) mass is 297 g/mol. The molecule has 7 nitrogen and oxygen atoms in total. The zero-order valence-electron chi connectivity index (χ0n) is 11.5. The topological polar surface area (TPSA) is 113 Å². The number of aromatic nitrogens is 2. The third kappa shape index (κ3) is 2.90. The molecule has 0 bridgehead atoms. The smallest absolute Gasteiger partial charge is 0.265 e. The molecule has 1 heterocycles. The van der Waals surface area contributed by atoms with Gasteiger partial charge in [-0.3, -0.25) is 4.79 Å². The third-order valence-corrected chi connectivity index (χ3v) is 4.33. The van der Waals surface area contributed by atoms with Gasteiger partial charge in [-0.2, -0.15) is 0 Å². The van der Waals surface area contributed by atoms with Crippen LogP contribution in [0.5, 0.6) is 0 Å². The minimum absolute atomic E-state index is 0.0967. The van der Waals surface area contributed by atoms with Gasteiger partial charge in [0, 0.05) is 12.0 Å². The quantitative estimate of drug-likeness (QED) is 0.335. The maximum Gasteiger partial charge on any atom is 0.265 e. The normalized spacial score (nSPS) is 23.2. The summed E-state index contributed by atoms with van der Waals surface area (Å²) in [4.78, 5) is 12.9. The molecule has 0 aromatic carbocycles. The number of hydrogen-bond acceptors (Lipinski definition) is 6. The van der Waals surface area contributed by atoms with Crippen molar-refractivity contribution in [1.29, 1.82) is 0 Å². The largest absolute Gasteiger partial charge is 0.409 e. The predicted octanol–water partition coefficient (Wildman–Crippen LogP) is 1.31. The molecule has 0 aliphatic heterocycles. The molecule has 1 aromatic rings. The average molecular weight is 297 g/mol. The van der Waals surface area contributed by atoms with Crippen molar-refractivity contribution in [2.45, 2.75) is 45.1 Å². The van der Waals surface area contributed by atoms with E-state index < -0.39 is 0 Å². The second-order valence-corrected chi connectivity index (χ2v) is 6.04. The lowest BCUT2D eigenvalue weighted by Gasteiger charge is -2.19. The van der Waals surface area contributed by atoms with Crippen molar-refractivity contribution >= 4 is 23.3 Å². The minimum Gasteiger partial charge on any atom is -0.409 e. The van der Waals surface area contributed by atoms with E-state index in [1.165, 1.54) is 0 Å². The zero-order valence-corrected chi connectivity index (χ0v) is 12.4. The van der Waals surface area contributed by atoms with E-state index in [4.69, 9.17) is 10.9 Å². The van der Waals surface area contributed by atoms with Gasteiger partial charge in [0.1, 0.15) is 10.7 Å². The molecular formula is C12H19N5O2S. The lowest BCUT2D eigenvalue weighted by atomic mass is 10.0. The fraction of sp³-hybridized carbons (Fsp3) is 0.667. The lowest BCUT2D eigenvalue weighted by molar-refractivity contribution is 0.0936. The molecule has 1 aliphatic rings. The Morgan fingerprint density at radius 1 is 1.55 bits per heavy atom. The molecule has 4 N–H and O–H groups in total. The first-order valence-corrected chi connectivity index (χ1v) is 7.42. The van der Waals surface area contributed by atoms with Crippen molar-refractivity contribution in [3.8, 4) is 0 Å². The Labute approximate surface area is 121 Å². The van der Waals surface area contributed by atoms with Crippen molar-refractivity contribution in [3.63, 3.8) is 0 Å². The number of oxime groups is 1. The van der Waals surface area contributed by atoms with Gasteiger partial charge in [0.2, 0.25) is 0 Å². The highest BCUT2D eigenvalue weighted by molar-refractivity contribution is 7.08. The number of rotatable bonds is 4. The van der Waals surface area contributed by atoms with Gasteiger partial charge < -0.3 is 16.3 Å². The zero-order chi connectivity index (χ0) is 14.7. The molecule has 1 saturated carbocycles. The van der Waals surface area contributed by atoms with Crippen LogP contribution >= 0.6 is 11.5 Å². The fourth-order valence-electron chi connectivity index (χ4n) is 2.53. The summed E-state index contributed by atoms with van der Waals surface area (Å²) in [5, 5.41) is 18.8. The number of nitrogens with zero attached hydrogens (tertiary/aromatic N) is 3. The van der Waals surface area contributed by atoms with Crippen LogP contribution in [0.3, 0.4) is 0 Å². The van der Waals surface area contributed by atoms with Gasteiger partial charge >= 0.3 is 0 Å². The summed E-state index contributed by atoms with van der Waals surface area (Å²) in [5.74, 6) is 0.0518. The molecule has 20 heavy (non-hydrogen) atoms. The summed E-state index contributed by atoms with van der Waals surface area (Å²) in [6, 6.07) is -0.0967. The van der Waals surface area contributed by atoms with Gasteiger partial charge in [0.05, 0.1) is 5.69 Å². The van der Waals surface area contributed by atoms with Gasteiger partial charge in [-0.25, -0.2) is 0 Å². The SMILES string of the molecule is CC(C)c1nnsc1C(=O)NC1CCCC1C(N)=NO. The molecule has 2 atom stereocenters. The molecule has 0 radical (unpaired) electrons. The molecule has 0 saturated heterocycles. The standard InChI is InChI=1S/C12H19N5O2S/c1-6(2)9-10(20-17-15-9)12(18)14-8-5-3-4-7(8)11(13)16-19/h6-8,19H,3-5H2,1-2H3,(H2,13,16)(H,14,18). The van der Waals surface area contributed by atoms with Crippen molar-refractivity contribution in [1.82, 2.24) is 14.9 Å². The minimum atomic E-state index is -0.175. The highest BCUT2D eigenvalue weighted by atomic mass is 32.1. The first-order valence-electron chi connectivity index (χ1n) is 6.65. The number of carbonyl (C=O) groups excluding carboxylic acids is 1. The van der Waals surface area contributed by atoms with Gasteiger partial charge in [-0.1, -0.05) is 29.9 Å². The molecule has 2 rings (SSSR count). The van der Waals surface area contributed by atoms with E-state index in [1.807, 2.05) is 13.8 Å². The summed E-state index contributed by atoms with van der Waals surface area (Å²) >= 11 is 1.10. The van der Waals surface area contributed by atoms with Crippen molar-refractivity contribution in [2.75, 3.05) is 0 Å². The summed E-state index contributed by atoms with van der Waals surface area (Å²) in [7, 11) is 0.